The number of carbonyl (C=O) groups excluding carboxylic acids is 6. The number of carbonyl (C=O) groups is 6. The second-order valence-corrected chi connectivity index (χ2v) is 24.9. The first-order valence-corrected chi connectivity index (χ1v) is 29.7. The molecule has 0 bridgehead atoms. The monoisotopic (exact) mass is 1070 g/mol. The van der Waals surface area contributed by atoms with Gasteiger partial charge in [-0.25, -0.2) is 0 Å². The van der Waals surface area contributed by atoms with Gasteiger partial charge < -0.3 is 51.2 Å². The van der Waals surface area contributed by atoms with E-state index in [1.165, 1.54) is 0 Å². The fourth-order valence-electron chi connectivity index (χ4n) is 13.8. The minimum absolute atomic E-state index is 0.0828. The van der Waals surface area contributed by atoms with Gasteiger partial charge in [-0.3, -0.25) is 28.8 Å². The number of hydrogen-bond acceptors (Lipinski definition) is 12. The summed E-state index contributed by atoms with van der Waals surface area (Å²) in [4.78, 5) is 88.4. The van der Waals surface area contributed by atoms with Gasteiger partial charge in [-0.1, -0.05) is 86.1 Å². The molecule has 4 heterocycles. The van der Waals surface area contributed by atoms with Gasteiger partial charge in [-0.15, -0.1) is 23.5 Å². The van der Waals surface area contributed by atoms with Gasteiger partial charge in [0.05, 0.1) is 47.1 Å². The number of rotatable bonds is 14. The van der Waals surface area contributed by atoms with Crippen LogP contribution in [0.2, 0.25) is 0 Å². The van der Waals surface area contributed by atoms with Crippen LogP contribution in [0.5, 0.6) is 0 Å². The van der Waals surface area contributed by atoms with Crippen molar-refractivity contribution in [3.63, 3.8) is 0 Å². The van der Waals surface area contributed by atoms with Crippen LogP contribution in [0.25, 0.3) is 0 Å². The fourth-order valence-corrected chi connectivity index (χ4v) is 16.8. The van der Waals surface area contributed by atoms with Gasteiger partial charge in [-0.05, 0) is 125 Å². The molecule has 18 heteroatoms. The molecule has 6 amide bonds. The topological polar surface area (TPSA) is 200 Å². The van der Waals surface area contributed by atoms with Gasteiger partial charge >= 0.3 is 0 Å². The van der Waals surface area contributed by atoms with Crippen molar-refractivity contribution in [1.82, 2.24) is 41.7 Å². The SMILES string of the molecule is CN[C@@H](C)C(=O)N[C@H]1CCS[C@H]2CC3(CCCC3)[C@@H](C(=O)N[C@H]3c4ccccc4C[C@H]3OCC#CC#CCO[C@@H]3Cc4ccccc4[C@@H]3NC(=O)[C@H]3N4C(=O)[C@@H](NC(=O)[C@H](C)NC)CCS[C@H]4CC34CCCC4)N2C1=O. The molecular weight excluding hydrogens is 1000 g/mol. The van der Waals surface area contributed by atoms with E-state index in [-0.39, 0.29) is 70.2 Å². The number of nitrogens with zero attached hydrogens (tertiary/aromatic N) is 2. The molecule has 4 aliphatic heterocycles. The molecule has 4 saturated heterocycles. The van der Waals surface area contributed by atoms with Crippen LogP contribution < -0.4 is 31.9 Å². The van der Waals surface area contributed by atoms with Crippen LogP contribution in [0.4, 0.5) is 0 Å². The lowest BCUT2D eigenvalue weighted by atomic mass is 9.78. The van der Waals surface area contributed by atoms with Crippen LogP contribution in [0.15, 0.2) is 48.5 Å². The van der Waals surface area contributed by atoms with Crippen LogP contribution in [-0.4, -0.2) is 143 Å². The number of amides is 6. The van der Waals surface area contributed by atoms with Crippen LogP contribution in [-0.2, 0) is 51.1 Å². The molecule has 2 aromatic rings. The molecule has 12 atom stereocenters. The molecule has 0 radical (unpaired) electrons. The third-order valence-electron chi connectivity index (χ3n) is 18.0. The number of benzene rings is 2. The molecule has 4 aliphatic carbocycles. The molecule has 2 saturated carbocycles. The average Bonchev–Trinajstić information content (AvgIpc) is 4.33. The van der Waals surface area contributed by atoms with Crippen molar-refractivity contribution in [3.8, 4) is 23.7 Å². The Bertz CT molecular complexity index is 2490. The Hall–Kier alpha value is -5.08. The lowest BCUT2D eigenvalue weighted by Gasteiger charge is -2.37. The average molecular weight is 1080 g/mol. The molecule has 16 nitrogen and oxygen atoms in total. The summed E-state index contributed by atoms with van der Waals surface area (Å²) < 4.78 is 12.9. The second kappa shape index (κ2) is 23.5. The number of fused-ring (bicyclic) bond motifs is 4. The second-order valence-electron chi connectivity index (χ2n) is 22.3. The highest BCUT2D eigenvalue weighted by Crippen LogP contribution is 2.57. The molecule has 6 N–H and O–H groups in total. The Kier molecular flexibility index (Phi) is 16.8. The zero-order valence-electron chi connectivity index (χ0n) is 44.3. The minimum Gasteiger partial charge on any atom is -0.363 e. The Morgan fingerprint density at radius 2 is 1.01 bits per heavy atom. The Labute approximate surface area is 455 Å². The standard InChI is InChI=1S/C58H74N8O8S2/c1-35(59-3)51(67)61-41-21-29-75-45-33-57(23-11-12-24-57)49(65(45)55(41)71)53(69)63-47-39-19-9-7-17-37(39)31-43(47)73-27-15-5-6-16-28-74-44-32-38-18-8-10-20-40(38)48(44)64-54(70)50-58(25-13-14-26-58)34-46-66(50)56(72)42(22-30-76-46)62-52(68)36(2)60-4/h7-10,17-20,35-36,41-50,59-60H,11-14,21-34H2,1-4H3,(H,61,67)(H,62,68)(H,63,69)(H,64,70)/t35-,36-,41-,42-,43+,44+,45-,46-,47-,48-,49+,50+/m0/s1. The first-order chi connectivity index (χ1) is 36.8. The van der Waals surface area contributed by atoms with E-state index in [1.54, 1.807) is 51.5 Å². The minimum atomic E-state index is -0.703. The molecule has 2 spiro atoms. The Balaban J connectivity index is 0.784. The summed E-state index contributed by atoms with van der Waals surface area (Å²) in [6.07, 6.45) is 10.4. The number of ether oxygens (including phenoxy) is 2. The van der Waals surface area contributed by atoms with Gasteiger partial charge in [0.1, 0.15) is 37.4 Å². The summed E-state index contributed by atoms with van der Waals surface area (Å²) in [7, 11) is 3.43. The molecule has 6 fully saturated rings. The molecule has 0 aromatic heterocycles. The molecule has 76 heavy (non-hydrogen) atoms. The Morgan fingerprint density at radius 1 is 0.618 bits per heavy atom. The van der Waals surface area contributed by atoms with Crippen molar-refractivity contribution >= 4 is 59.0 Å². The van der Waals surface area contributed by atoms with Crippen LogP contribution in [0.1, 0.15) is 125 Å². The predicted molar refractivity (Wildman–Crippen MR) is 292 cm³/mol. The molecule has 0 unspecified atom stereocenters. The highest BCUT2D eigenvalue weighted by Gasteiger charge is 2.61. The maximum Gasteiger partial charge on any atom is 0.246 e. The largest absolute Gasteiger partial charge is 0.363 e. The predicted octanol–water partition coefficient (Wildman–Crippen LogP) is 4.02. The lowest BCUT2D eigenvalue weighted by molar-refractivity contribution is -0.144. The van der Waals surface area contributed by atoms with Crippen molar-refractivity contribution < 1.29 is 38.2 Å². The summed E-state index contributed by atoms with van der Waals surface area (Å²) >= 11 is 3.44. The zero-order valence-corrected chi connectivity index (χ0v) is 45.9. The van der Waals surface area contributed by atoms with E-state index in [1.807, 2.05) is 46.2 Å². The van der Waals surface area contributed by atoms with Crippen molar-refractivity contribution in [3.05, 3.63) is 70.8 Å². The van der Waals surface area contributed by atoms with Gasteiger partial charge in [0, 0.05) is 23.7 Å². The molecule has 406 valence electrons. The van der Waals surface area contributed by atoms with Crippen molar-refractivity contribution in [2.24, 2.45) is 10.8 Å². The summed E-state index contributed by atoms with van der Waals surface area (Å²) in [5.41, 5.74) is 3.49. The third kappa shape index (κ3) is 10.8. The maximum absolute atomic E-state index is 14.9. The highest BCUT2D eigenvalue weighted by atomic mass is 32.2. The summed E-state index contributed by atoms with van der Waals surface area (Å²) in [6, 6.07) is 11.5. The molecule has 8 aliphatic rings. The van der Waals surface area contributed by atoms with Crippen molar-refractivity contribution in [2.75, 3.05) is 38.8 Å². The fraction of sp³-hybridized carbons (Fsp3) is 0.621. The van der Waals surface area contributed by atoms with Crippen LogP contribution in [0.3, 0.4) is 0 Å². The maximum atomic E-state index is 14.9. The Morgan fingerprint density at radius 3 is 1.41 bits per heavy atom. The zero-order chi connectivity index (χ0) is 53.1. The molecule has 10 rings (SSSR count). The summed E-state index contributed by atoms with van der Waals surface area (Å²) in [6.45, 7) is 3.69. The normalized spacial score (nSPS) is 30.4. The first kappa shape index (κ1) is 54.3. The lowest BCUT2D eigenvalue weighted by Crippen LogP contribution is -2.58. The number of hydrogen-bond donors (Lipinski definition) is 6. The van der Waals surface area contributed by atoms with Crippen LogP contribution in [0, 0.1) is 34.5 Å². The first-order valence-electron chi connectivity index (χ1n) is 27.6. The van der Waals surface area contributed by atoms with E-state index in [9.17, 15) is 28.8 Å². The van der Waals surface area contributed by atoms with Crippen molar-refractivity contribution in [1.29, 1.82) is 0 Å². The van der Waals surface area contributed by atoms with E-state index in [0.29, 0.717) is 37.2 Å². The van der Waals surface area contributed by atoms with E-state index in [4.69, 9.17) is 9.47 Å². The van der Waals surface area contributed by atoms with Gasteiger partial charge in [0.2, 0.25) is 35.4 Å². The van der Waals surface area contributed by atoms with E-state index < -0.39 is 60.5 Å². The quantitative estimate of drug-likeness (QED) is 0.149. The van der Waals surface area contributed by atoms with Crippen LogP contribution >= 0.6 is 23.5 Å². The molecular formula is C58H74N8O8S2. The summed E-state index contributed by atoms with van der Waals surface area (Å²) in [5, 5.41) is 18.4. The van der Waals surface area contributed by atoms with Gasteiger partial charge in [0.15, 0.2) is 0 Å². The van der Waals surface area contributed by atoms with E-state index >= 15 is 0 Å². The van der Waals surface area contributed by atoms with E-state index in [2.05, 4.69) is 67.7 Å². The number of likely N-dealkylation sites (N-methyl/N-ethyl adjacent to an activating group) is 2. The summed E-state index contributed by atoms with van der Waals surface area (Å²) in [5.74, 6) is 12.2. The number of nitrogens with one attached hydrogen (secondary N) is 6. The number of thioether (sulfide) groups is 2. The van der Waals surface area contributed by atoms with E-state index in [0.717, 1.165) is 86.5 Å². The van der Waals surface area contributed by atoms with Gasteiger partial charge in [-0.2, -0.15) is 0 Å². The van der Waals surface area contributed by atoms with Crippen molar-refractivity contribution in [2.45, 2.75) is 175 Å². The highest BCUT2D eigenvalue weighted by molar-refractivity contribution is 8.00. The van der Waals surface area contributed by atoms with Gasteiger partial charge in [0.25, 0.3) is 0 Å². The molecule has 2 aromatic carbocycles. The smallest absolute Gasteiger partial charge is 0.246 e. The third-order valence-corrected chi connectivity index (χ3v) is 20.5.